The highest BCUT2D eigenvalue weighted by Crippen LogP contribution is 2.20. The Morgan fingerprint density at radius 1 is 1.37 bits per heavy atom. The monoisotopic (exact) mass is 260 g/mol. The molecule has 1 heterocycles. The Morgan fingerprint density at radius 3 is 2.58 bits per heavy atom. The van der Waals surface area contributed by atoms with Gasteiger partial charge in [0, 0.05) is 18.7 Å². The highest BCUT2D eigenvalue weighted by atomic mass is 16.1. The summed E-state index contributed by atoms with van der Waals surface area (Å²) < 4.78 is 0. The van der Waals surface area contributed by atoms with Gasteiger partial charge in [-0.05, 0) is 49.5 Å². The van der Waals surface area contributed by atoms with Crippen molar-refractivity contribution in [2.24, 2.45) is 5.92 Å². The maximum Gasteiger partial charge on any atom is 0.224 e. The first-order chi connectivity index (χ1) is 9.04. The van der Waals surface area contributed by atoms with Crippen LogP contribution in [0, 0.1) is 5.92 Å². The highest BCUT2D eigenvalue weighted by Gasteiger charge is 2.21. The molecule has 1 N–H and O–H groups in total. The summed E-state index contributed by atoms with van der Waals surface area (Å²) in [5, 5.41) is 2.99. The van der Waals surface area contributed by atoms with Crippen LogP contribution in [-0.4, -0.2) is 30.9 Å². The summed E-state index contributed by atoms with van der Waals surface area (Å²) in [4.78, 5) is 14.3. The molecule has 0 bridgehead atoms. The lowest BCUT2D eigenvalue weighted by molar-refractivity contribution is -0.117. The lowest BCUT2D eigenvalue weighted by atomic mass is 10.0. The Kier molecular flexibility index (Phi) is 4.59. The molecule has 19 heavy (non-hydrogen) atoms. The van der Waals surface area contributed by atoms with Gasteiger partial charge in [0.25, 0.3) is 0 Å². The molecular weight excluding hydrogens is 236 g/mol. The van der Waals surface area contributed by atoms with E-state index in [1.807, 2.05) is 12.1 Å². The molecule has 3 heteroatoms. The zero-order valence-corrected chi connectivity index (χ0v) is 12.1. The molecule has 0 radical (unpaired) electrons. The lowest BCUT2D eigenvalue weighted by Gasteiger charge is -2.11. The van der Waals surface area contributed by atoms with Crippen LogP contribution < -0.4 is 5.32 Å². The number of rotatable bonds is 4. The first-order valence-corrected chi connectivity index (χ1v) is 7.13. The maximum absolute atomic E-state index is 12.0. The molecule has 3 nitrogen and oxygen atoms in total. The molecular formula is C16H24N2O. The smallest absolute Gasteiger partial charge is 0.224 e. The van der Waals surface area contributed by atoms with Crippen molar-refractivity contribution in [1.29, 1.82) is 0 Å². The zero-order valence-electron chi connectivity index (χ0n) is 12.1. The van der Waals surface area contributed by atoms with Gasteiger partial charge in [0.1, 0.15) is 0 Å². The van der Waals surface area contributed by atoms with E-state index in [4.69, 9.17) is 0 Å². The quantitative estimate of drug-likeness (QED) is 0.902. The van der Waals surface area contributed by atoms with E-state index in [9.17, 15) is 4.79 Å². The van der Waals surface area contributed by atoms with Crippen molar-refractivity contribution in [3.8, 4) is 0 Å². The number of hydrogen-bond donors (Lipinski definition) is 1. The molecule has 0 saturated carbocycles. The van der Waals surface area contributed by atoms with Crippen LogP contribution in [0.4, 0.5) is 5.69 Å². The second kappa shape index (κ2) is 6.20. The molecule has 1 unspecified atom stereocenters. The Bertz CT molecular complexity index is 425. The number of nitrogens with zero attached hydrogens (tertiary/aromatic N) is 1. The van der Waals surface area contributed by atoms with Crippen molar-refractivity contribution in [2.75, 3.05) is 25.5 Å². The van der Waals surface area contributed by atoms with E-state index in [2.05, 4.69) is 43.2 Å². The van der Waals surface area contributed by atoms with Gasteiger partial charge in [-0.25, -0.2) is 0 Å². The minimum atomic E-state index is 0.137. The summed E-state index contributed by atoms with van der Waals surface area (Å²) in [6, 6.07) is 8.16. The van der Waals surface area contributed by atoms with Gasteiger partial charge in [-0.1, -0.05) is 26.0 Å². The fourth-order valence-electron chi connectivity index (χ4n) is 2.62. The van der Waals surface area contributed by atoms with E-state index in [0.29, 0.717) is 18.3 Å². The fraction of sp³-hybridized carbons (Fsp3) is 0.562. The highest BCUT2D eigenvalue weighted by molar-refractivity contribution is 5.90. The third-order valence-corrected chi connectivity index (χ3v) is 3.82. The van der Waals surface area contributed by atoms with Crippen molar-refractivity contribution in [1.82, 2.24) is 4.90 Å². The SMILES string of the molecule is CC(C)c1ccc(NC(=O)CC2CCN(C)C2)cc1. The van der Waals surface area contributed by atoms with E-state index in [-0.39, 0.29) is 5.91 Å². The van der Waals surface area contributed by atoms with Gasteiger partial charge >= 0.3 is 0 Å². The van der Waals surface area contributed by atoms with Crippen LogP contribution in [0.2, 0.25) is 0 Å². The van der Waals surface area contributed by atoms with E-state index in [0.717, 1.165) is 25.2 Å². The second-order valence-electron chi connectivity index (χ2n) is 5.95. The van der Waals surface area contributed by atoms with Crippen molar-refractivity contribution >= 4 is 11.6 Å². The van der Waals surface area contributed by atoms with Crippen molar-refractivity contribution in [3.63, 3.8) is 0 Å². The molecule has 1 atom stereocenters. The number of anilines is 1. The minimum absolute atomic E-state index is 0.137. The largest absolute Gasteiger partial charge is 0.326 e. The number of carbonyl (C=O) groups is 1. The van der Waals surface area contributed by atoms with E-state index in [1.165, 1.54) is 5.56 Å². The number of benzene rings is 1. The van der Waals surface area contributed by atoms with Gasteiger partial charge in [0.15, 0.2) is 0 Å². The molecule has 1 aliphatic rings. The Morgan fingerprint density at radius 2 is 2.05 bits per heavy atom. The fourth-order valence-corrected chi connectivity index (χ4v) is 2.62. The molecule has 1 aromatic rings. The first-order valence-electron chi connectivity index (χ1n) is 7.13. The van der Waals surface area contributed by atoms with Crippen LogP contribution in [0.25, 0.3) is 0 Å². The van der Waals surface area contributed by atoms with Crippen LogP contribution in [0.15, 0.2) is 24.3 Å². The summed E-state index contributed by atoms with van der Waals surface area (Å²) in [5.41, 5.74) is 2.20. The lowest BCUT2D eigenvalue weighted by Crippen LogP contribution is -2.19. The van der Waals surface area contributed by atoms with Crippen LogP contribution in [0.5, 0.6) is 0 Å². The Hall–Kier alpha value is -1.35. The van der Waals surface area contributed by atoms with E-state index >= 15 is 0 Å². The van der Waals surface area contributed by atoms with E-state index in [1.54, 1.807) is 0 Å². The predicted octanol–water partition coefficient (Wildman–Crippen LogP) is 3.09. The maximum atomic E-state index is 12.0. The first kappa shape index (κ1) is 14.1. The number of hydrogen-bond acceptors (Lipinski definition) is 2. The summed E-state index contributed by atoms with van der Waals surface area (Å²) in [6.45, 7) is 6.50. The molecule has 1 amide bonds. The second-order valence-corrected chi connectivity index (χ2v) is 5.95. The Balaban J connectivity index is 1.85. The number of amides is 1. The van der Waals surface area contributed by atoms with E-state index < -0.39 is 0 Å². The zero-order chi connectivity index (χ0) is 13.8. The van der Waals surface area contributed by atoms with Gasteiger partial charge in [0.05, 0.1) is 0 Å². The molecule has 0 aliphatic carbocycles. The normalized spacial score (nSPS) is 19.9. The van der Waals surface area contributed by atoms with Crippen LogP contribution in [0.3, 0.4) is 0 Å². The average molecular weight is 260 g/mol. The Labute approximate surface area is 116 Å². The van der Waals surface area contributed by atoms with Crippen molar-refractivity contribution < 1.29 is 4.79 Å². The van der Waals surface area contributed by atoms with Crippen molar-refractivity contribution in [3.05, 3.63) is 29.8 Å². The van der Waals surface area contributed by atoms with Gasteiger partial charge < -0.3 is 10.2 Å². The van der Waals surface area contributed by atoms with Gasteiger partial charge in [0.2, 0.25) is 5.91 Å². The molecule has 1 fully saturated rings. The molecule has 1 aromatic carbocycles. The number of likely N-dealkylation sites (tertiary alicyclic amines) is 1. The molecule has 1 saturated heterocycles. The van der Waals surface area contributed by atoms with Crippen LogP contribution >= 0.6 is 0 Å². The number of nitrogens with one attached hydrogen (secondary N) is 1. The van der Waals surface area contributed by atoms with Gasteiger partial charge in [-0.2, -0.15) is 0 Å². The topological polar surface area (TPSA) is 32.3 Å². The molecule has 0 spiro atoms. The molecule has 2 rings (SSSR count). The van der Waals surface area contributed by atoms with Crippen LogP contribution in [-0.2, 0) is 4.79 Å². The van der Waals surface area contributed by atoms with Gasteiger partial charge in [-0.15, -0.1) is 0 Å². The molecule has 0 aromatic heterocycles. The summed E-state index contributed by atoms with van der Waals surface area (Å²) in [6.07, 6.45) is 1.77. The molecule has 1 aliphatic heterocycles. The van der Waals surface area contributed by atoms with Crippen LogP contribution in [0.1, 0.15) is 38.2 Å². The van der Waals surface area contributed by atoms with Gasteiger partial charge in [-0.3, -0.25) is 4.79 Å². The predicted molar refractivity (Wildman–Crippen MR) is 79.4 cm³/mol. The third kappa shape index (κ3) is 4.06. The summed E-state index contributed by atoms with van der Waals surface area (Å²) in [7, 11) is 2.11. The average Bonchev–Trinajstić information content (AvgIpc) is 2.75. The minimum Gasteiger partial charge on any atom is -0.326 e. The third-order valence-electron chi connectivity index (χ3n) is 3.82. The van der Waals surface area contributed by atoms with Crippen molar-refractivity contribution in [2.45, 2.75) is 32.6 Å². The molecule has 104 valence electrons. The standard InChI is InChI=1S/C16H24N2O/c1-12(2)14-4-6-15(7-5-14)17-16(19)10-13-8-9-18(3)11-13/h4-7,12-13H,8-11H2,1-3H3,(H,17,19). The summed E-state index contributed by atoms with van der Waals surface area (Å²) in [5.74, 6) is 1.18. The summed E-state index contributed by atoms with van der Waals surface area (Å²) >= 11 is 0. The number of carbonyl (C=O) groups excluding carboxylic acids is 1.